The molecule has 1 amide bonds. The van der Waals surface area contributed by atoms with Crippen molar-refractivity contribution in [3.63, 3.8) is 0 Å². The molecule has 0 aliphatic carbocycles. The lowest BCUT2D eigenvalue weighted by Crippen LogP contribution is -2.31. The van der Waals surface area contributed by atoms with Crippen molar-refractivity contribution in [3.05, 3.63) is 70.2 Å². The van der Waals surface area contributed by atoms with Crippen LogP contribution in [-0.4, -0.2) is 18.5 Å². The van der Waals surface area contributed by atoms with Crippen LogP contribution >= 0.6 is 11.6 Å². The first-order chi connectivity index (χ1) is 11.0. The van der Waals surface area contributed by atoms with E-state index < -0.39 is 5.97 Å². The van der Waals surface area contributed by atoms with Gasteiger partial charge >= 0.3 is 5.97 Å². The van der Waals surface area contributed by atoms with Crippen molar-refractivity contribution in [3.8, 4) is 0 Å². The first-order valence-electron chi connectivity index (χ1n) is 7.25. The molecule has 1 atom stereocenters. The largest absolute Gasteiger partial charge is 0.452 e. The number of esters is 1. The second kappa shape index (κ2) is 7.79. The minimum absolute atomic E-state index is 0.270. The molecule has 4 nitrogen and oxygen atoms in total. The smallest absolute Gasteiger partial charge is 0.338 e. The van der Waals surface area contributed by atoms with Gasteiger partial charge in [-0.15, -0.1) is 0 Å². The van der Waals surface area contributed by atoms with Gasteiger partial charge in [-0.1, -0.05) is 48.0 Å². The topological polar surface area (TPSA) is 55.4 Å². The lowest BCUT2D eigenvalue weighted by atomic mass is 10.1. The predicted molar refractivity (Wildman–Crippen MR) is 89.5 cm³/mol. The van der Waals surface area contributed by atoms with Crippen LogP contribution in [0.15, 0.2) is 48.5 Å². The highest BCUT2D eigenvalue weighted by molar-refractivity contribution is 6.31. The zero-order valence-electron chi connectivity index (χ0n) is 13.0. The number of halogens is 1. The summed E-state index contributed by atoms with van der Waals surface area (Å²) in [4.78, 5) is 23.9. The number of hydrogen-bond donors (Lipinski definition) is 1. The molecule has 0 aliphatic heterocycles. The normalized spacial score (nSPS) is 11.6. The lowest BCUT2D eigenvalue weighted by Gasteiger charge is -2.15. The summed E-state index contributed by atoms with van der Waals surface area (Å²) in [7, 11) is 0. The first-order valence-corrected chi connectivity index (χ1v) is 7.63. The summed E-state index contributed by atoms with van der Waals surface area (Å²) in [5, 5.41) is 3.34. The highest BCUT2D eigenvalue weighted by Gasteiger charge is 2.15. The maximum atomic E-state index is 12.0. The minimum Gasteiger partial charge on any atom is -0.452 e. The van der Waals surface area contributed by atoms with E-state index in [1.165, 1.54) is 0 Å². The standard InChI is InChI=1S/C18H18ClNO3/c1-12-7-3-4-8-14(12)18(22)23-11-17(21)20-13(2)15-9-5-6-10-16(15)19/h3-10,13H,11H2,1-2H3,(H,20,21)/t13-/m0/s1. The summed E-state index contributed by atoms with van der Waals surface area (Å²) in [6.45, 7) is 3.31. The first kappa shape index (κ1) is 17.0. The van der Waals surface area contributed by atoms with Crippen molar-refractivity contribution >= 4 is 23.5 Å². The Morgan fingerprint density at radius 3 is 2.48 bits per heavy atom. The van der Waals surface area contributed by atoms with E-state index in [-0.39, 0.29) is 18.6 Å². The Balaban J connectivity index is 1.89. The second-order valence-electron chi connectivity index (χ2n) is 5.20. The van der Waals surface area contributed by atoms with Gasteiger partial charge < -0.3 is 10.1 Å². The highest BCUT2D eigenvalue weighted by atomic mass is 35.5. The minimum atomic E-state index is -0.511. The van der Waals surface area contributed by atoms with Crippen LogP contribution in [0.25, 0.3) is 0 Å². The van der Waals surface area contributed by atoms with Crippen LogP contribution in [0.2, 0.25) is 5.02 Å². The number of amides is 1. The van der Waals surface area contributed by atoms with E-state index in [0.717, 1.165) is 11.1 Å². The SMILES string of the molecule is Cc1ccccc1C(=O)OCC(=O)N[C@@H](C)c1ccccc1Cl. The van der Waals surface area contributed by atoms with Gasteiger partial charge in [0.15, 0.2) is 6.61 Å². The summed E-state index contributed by atoms with van der Waals surface area (Å²) >= 11 is 6.09. The van der Waals surface area contributed by atoms with Crippen LogP contribution < -0.4 is 5.32 Å². The number of nitrogens with one attached hydrogen (secondary N) is 1. The van der Waals surface area contributed by atoms with Gasteiger partial charge in [-0.05, 0) is 37.1 Å². The average Bonchev–Trinajstić information content (AvgIpc) is 2.53. The van der Waals surface area contributed by atoms with E-state index in [1.807, 2.05) is 44.2 Å². The van der Waals surface area contributed by atoms with Gasteiger partial charge in [0.1, 0.15) is 0 Å². The Morgan fingerprint density at radius 2 is 1.78 bits per heavy atom. The molecule has 0 heterocycles. The molecule has 0 radical (unpaired) electrons. The molecule has 0 unspecified atom stereocenters. The monoisotopic (exact) mass is 331 g/mol. The number of ether oxygens (including phenoxy) is 1. The van der Waals surface area contributed by atoms with E-state index in [0.29, 0.717) is 10.6 Å². The van der Waals surface area contributed by atoms with Gasteiger partial charge in [0.05, 0.1) is 11.6 Å². The van der Waals surface area contributed by atoms with Crippen molar-refractivity contribution < 1.29 is 14.3 Å². The van der Waals surface area contributed by atoms with Crippen molar-refractivity contribution in [2.45, 2.75) is 19.9 Å². The van der Waals surface area contributed by atoms with Gasteiger partial charge in [-0.25, -0.2) is 4.79 Å². The maximum absolute atomic E-state index is 12.0. The Morgan fingerprint density at radius 1 is 1.13 bits per heavy atom. The maximum Gasteiger partial charge on any atom is 0.338 e. The summed E-state index contributed by atoms with van der Waals surface area (Å²) in [5.41, 5.74) is 2.08. The fourth-order valence-corrected chi connectivity index (χ4v) is 2.50. The average molecular weight is 332 g/mol. The molecule has 120 valence electrons. The van der Waals surface area contributed by atoms with Gasteiger partial charge in [0.25, 0.3) is 5.91 Å². The zero-order valence-corrected chi connectivity index (χ0v) is 13.8. The lowest BCUT2D eigenvalue weighted by molar-refractivity contribution is -0.124. The highest BCUT2D eigenvalue weighted by Crippen LogP contribution is 2.21. The molecule has 0 fully saturated rings. The molecule has 0 saturated carbocycles. The van der Waals surface area contributed by atoms with Crippen molar-refractivity contribution in [2.24, 2.45) is 0 Å². The molecule has 5 heteroatoms. The number of benzene rings is 2. The van der Waals surface area contributed by atoms with E-state index in [4.69, 9.17) is 16.3 Å². The van der Waals surface area contributed by atoms with Crippen LogP contribution in [0.5, 0.6) is 0 Å². The third kappa shape index (κ3) is 4.57. The van der Waals surface area contributed by atoms with Gasteiger partial charge in [-0.3, -0.25) is 4.79 Å². The summed E-state index contributed by atoms with van der Waals surface area (Å²) in [5.74, 6) is -0.886. The van der Waals surface area contributed by atoms with Gasteiger partial charge in [0.2, 0.25) is 0 Å². The Bertz CT molecular complexity index is 715. The van der Waals surface area contributed by atoms with Crippen LogP contribution in [0.1, 0.15) is 34.5 Å². The quantitative estimate of drug-likeness (QED) is 0.850. The summed E-state index contributed by atoms with van der Waals surface area (Å²) in [6.07, 6.45) is 0. The van der Waals surface area contributed by atoms with Gasteiger partial charge in [0, 0.05) is 5.02 Å². The number of carbonyl (C=O) groups is 2. The van der Waals surface area contributed by atoms with Crippen LogP contribution in [-0.2, 0) is 9.53 Å². The summed E-state index contributed by atoms with van der Waals surface area (Å²) in [6, 6.07) is 14.1. The molecule has 1 N–H and O–H groups in total. The molecule has 2 aromatic carbocycles. The van der Waals surface area contributed by atoms with E-state index in [9.17, 15) is 9.59 Å². The third-order valence-corrected chi connectivity index (χ3v) is 3.79. The third-order valence-electron chi connectivity index (χ3n) is 3.45. The molecule has 0 spiro atoms. The molecule has 0 bridgehead atoms. The molecule has 0 saturated heterocycles. The van der Waals surface area contributed by atoms with Crippen molar-refractivity contribution in [2.75, 3.05) is 6.61 Å². The molecule has 0 aliphatic rings. The number of aryl methyl sites for hydroxylation is 1. The van der Waals surface area contributed by atoms with E-state index in [2.05, 4.69) is 5.32 Å². The fraction of sp³-hybridized carbons (Fsp3) is 0.222. The number of carbonyl (C=O) groups excluding carboxylic acids is 2. The number of rotatable bonds is 5. The molecule has 0 aromatic heterocycles. The number of hydrogen-bond acceptors (Lipinski definition) is 3. The molecular formula is C18H18ClNO3. The molecular weight excluding hydrogens is 314 g/mol. The van der Waals surface area contributed by atoms with Crippen LogP contribution in [0.3, 0.4) is 0 Å². The van der Waals surface area contributed by atoms with Gasteiger partial charge in [-0.2, -0.15) is 0 Å². The van der Waals surface area contributed by atoms with Crippen molar-refractivity contribution in [1.82, 2.24) is 5.32 Å². The predicted octanol–water partition coefficient (Wildman–Crippen LogP) is 3.68. The fourth-order valence-electron chi connectivity index (χ4n) is 2.20. The Hall–Kier alpha value is -2.33. The Kier molecular flexibility index (Phi) is 5.77. The second-order valence-corrected chi connectivity index (χ2v) is 5.61. The molecule has 23 heavy (non-hydrogen) atoms. The van der Waals surface area contributed by atoms with Crippen LogP contribution in [0.4, 0.5) is 0 Å². The summed E-state index contributed by atoms with van der Waals surface area (Å²) < 4.78 is 5.05. The van der Waals surface area contributed by atoms with Crippen molar-refractivity contribution in [1.29, 1.82) is 0 Å². The van der Waals surface area contributed by atoms with Crippen LogP contribution in [0, 0.1) is 6.92 Å². The zero-order chi connectivity index (χ0) is 16.8. The van der Waals surface area contributed by atoms with E-state index >= 15 is 0 Å². The molecule has 2 rings (SSSR count). The van der Waals surface area contributed by atoms with E-state index in [1.54, 1.807) is 18.2 Å². The Labute approximate surface area is 140 Å². The molecule has 2 aromatic rings.